The Morgan fingerprint density at radius 3 is 2.31 bits per heavy atom. The number of piperidine rings is 1. The molecule has 10 heteroatoms. The Morgan fingerprint density at radius 1 is 1.00 bits per heavy atom. The minimum absolute atomic E-state index is 0.0460. The average molecular weight is 497 g/mol. The summed E-state index contributed by atoms with van der Waals surface area (Å²) in [7, 11) is 0. The first-order valence-corrected chi connectivity index (χ1v) is 12.2. The summed E-state index contributed by atoms with van der Waals surface area (Å²) in [5.74, 6) is -2.14. The maximum Gasteiger partial charge on any atom is 0.416 e. The van der Waals surface area contributed by atoms with Crippen molar-refractivity contribution in [2.24, 2.45) is 0 Å². The van der Waals surface area contributed by atoms with E-state index >= 15 is 0 Å². The second kappa shape index (κ2) is 8.87. The number of hydrogen-bond acceptors (Lipinski definition) is 5. The summed E-state index contributed by atoms with van der Waals surface area (Å²) in [4.78, 5) is 1.77. The molecule has 5 nitrogen and oxygen atoms in total. The molecule has 0 radical (unpaired) electrons. The number of aromatic hydroxyl groups is 1. The summed E-state index contributed by atoms with van der Waals surface area (Å²) in [5, 5.41) is 22.8. The van der Waals surface area contributed by atoms with Gasteiger partial charge in [-0.1, -0.05) is 0 Å². The van der Waals surface area contributed by atoms with Crippen LogP contribution in [0.4, 0.5) is 27.8 Å². The number of nitrogens with one attached hydrogen (secondary N) is 1. The Hall–Kier alpha value is -2.49. The van der Waals surface area contributed by atoms with Gasteiger partial charge in [-0.25, -0.2) is 8.78 Å². The summed E-state index contributed by atoms with van der Waals surface area (Å²) in [5.41, 5.74) is 1.74. The van der Waals surface area contributed by atoms with E-state index in [0.717, 1.165) is 68.7 Å². The number of aromatic nitrogens is 2. The number of phenols is 1. The van der Waals surface area contributed by atoms with Crippen molar-refractivity contribution in [3.63, 3.8) is 0 Å². The van der Waals surface area contributed by atoms with E-state index in [0.29, 0.717) is 24.6 Å². The molecule has 0 spiro atoms. The number of likely N-dealkylation sites (tertiary alicyclic amines) is 1. The molecule has 1 aromatic heterocycles. The smallest absolute Gasteiger partial charge is 0.416 e. The number of alkyl halides is 5. The van der Waals surface area contributed by atoms with Gasteiger partial charge in [-0.2, -0.15) is 13.2 Å². The zero-order valence-corrected chi connectivity index (χ0v) is 19.5. The van der Waals surface area contributed by atoms with Crippen LogP contribution in [0.15, 0.2) is 18.2 Å². The van der Waals surface area contributed by atoms with Crippen molar-refractivity contribution in [3.8, 4) is 17.0 Å². The van der Waals surface area contributed by atoms with Crippen LogP contribution in [0.3, 0.4) is 0 Å². The van der Waals surface area contributed by atoms with E-state index in [-0.39, 0.29) is 30.0 Å². The Bertz CT molecular complexity index is 1090. The molecule has 190 valence electrons. The maximum absolute atomic E-state index is 13.5. The van der Waals surface area contributed by atoms with Crippen LogP contribution in [-0.2, 0) is 6.18 Å². The van der Waals surface area contributed by atoms with Crippen molar-refractivity contribution in [2.45, 2.75) is 75.4 Å². The molecule has 2 bridgehead atoms. The lowest BCUT2D eigenvalue weighted by Crippen LogP contribution is -2.46. The number of phenolic OH excluding ortho intramolecular Hbond substituents is 1. The highest BCUT2D eigenvalue weighted by Crippen LogP contribution is 2.54. The summed E-state index contributed by atoms with van der Waals surface area (Å²) in [6, 6.07) is 2.91. The molecule has 4 aliphatic rings. The molecule has 0 amide bonds. The minimum Gasteiger partial charge on any atom is -0.507 e. The van der Waals surface area contributed by atoms with Gasteiger partial charge in [0.15, 0.2) is 5.82 Å². The van der Waals surface area contributed by atoms with E-state index in [1.807, 2.05) is 0 Å². The number of benzene rings is 1. The van der Waals surface area contributed by atoms with Crippen LogP contribution in [-0.4, -0.2) is 51.8 Å². The molecule has 0 unspecified atom stereocenters. The number of hydrogen-bond donors (Lipinski definition) is 2. The van der Waals surface area contributed by atoms with Crippen LogP contribution >= 0.6 is 0 Å². The Morgan fingerprint density at radius 2 is 1.69 bits per heavy atom. The number of anilines is 1. The molecule has 35 heavy (non-hydrogen) atoms. The second-order valence-electron chi connectivity index (χ2n) is 10.3. The van der Waals surface area contributed by atoms with E-state index in [4.69, 9.17) is 0 Å². The molecule has 1 aromatic carbocycles. The lowest BCUT2D eigenvalue weighted by molar-refractivity contribution is -0.137. The van der Waals surface area contributed by atoms with Crippen molar-refractivity contribution in [2.75, 3.05) is 25.0 Å². The maximum atomic E-state index is 13.5. The summed E-state index contributed by atoms with van der Waals surface area (Å²) in [6.45, 7) is 1.75. The molecule has 1 aliphatic heterocycles. The van der Waals surface area contributed by atoms with E-state index < -0.39 is 23.4 Å². The predicted molar refractivity (Wildman–Crippen MR) is 122 cm³/mol. The van der Waals surface area contributed by atoms with Crippen LogP contribution in [0.25, 0.3) is 11.3 Å². The highest BCUT2D eigenvalue weighted by Gasteiger charge is 2.40. The fraction of sp³-hybridized carbons (Fsp3) is 0.600. The van der Waals surface area contributed by atoms with E-state index in [1.165, 1.54) is 6.07 Å². The van der Waals surface area contributed by atoms with Gasteiger partial charge in [-0.05, 0) is 80.7 Å². The Kier molecular flexibility index (Phi) is 6.14. The summed E-state index contributed by atoms with van der Waals surface area (Å²) >= 11 is 0. The highest BCUT2D eigenvalue weighted by molar-refractivity contribution is 5.74. The van der Waals surface area contributed by atoms with Gasteiger partial charge < -0.3 is 10.4 Å². The largest absolute Gasteiger partial charge is 0.507 e. The van der Waals surface area contributed by atoms with Crippen molar-refractivity contribution in [1.29, 1.82) is 0 Å². The first-order valence-electron chi connectivity index (χ1n) is 12.2. The van der Waals surface area contributed by atoms with Gasteiger partial charge >= 0.3 is 6.18 Å². The zero-order chi connectivity index (χ0) is 25.0. The molecule has 3 aliphatic carbocycles. The molecule has 6 rings (SSSR count). The summed E-state index contributed by atoms with van der Waals surface area (Å²) in [6.07, 6.45) is 0.985. The van der Waals surface area contributed by atoms with E-state index in [9.17, 15) is 27.1 Å². The third-order valence-electron chi connectivity index (χ3n) is 7.52. The molecule has 2 heterocycles. The molecule has 2 aromatic rings. The molecular weight excluding hydrogens is 467 g/mol. The van der Waals surface area contributed by atoms with Crippen LogP contribution < -0.4 is 5.32 Å². The Labute approximate surface area is 200 Å². The van der Waals surface area contributed by atoms with Gasteiger partial charge in [-0.15, -0.1) is 10.2 Å². The van der Waals surface area contributed by atoms with Crippen molar-refractivity contribution < 1.29 is 27.1 Å². The van der Waals surface area contributed by atoms with Gasteiger partial charge in [0.25, 0.3) is 5.92 Å². The second-order valence-corrected chi connectivity index (χ2v) is 10.3. The average Bonchev–Trinajstić information content (AvgIpc) is 2.79. The van der Waals surface area contributed by atoms with Gasteiger partial charge in [-0.3, -0.25) is 4.90 Å². The number of rotatable bonds is 5. The van der Waals surface area contributed by atoms with Crippen LogP contribution in [0.2, 0.25) is 0 Å². The minimum atomic E-state index is -4.55. The third-order valence-corrected chi connectivity index (χ3v) is 7.52. The standard InChI is InChI=1S/C25H29F5N4O/c1-24(26,27)13-34-10-2-3-17(12-34)31-23-21-15-6-4-14(5-7-15)20(21)22(32-33-23)18-9-8-16(11-19(18)35)25(28,29)30/h8-9,11,14-15,17,35H,2-7,10,12-13H2,1H3,(H,31,33)/t14?,15?,17-/m1/s1. The number of halogens is 5. The lowest BCUT2D eigenvalue weighted by atomic mass is 9.66. The molecular formula is C25H29F5N4O. The first-order chi connectivity index (χ1) is 16.5. The van der Waals surface area contributed by atoms with Crippen LogP contribution in [0.1, 0.15) is 74.0 Å². The van der Waals surface area contributed by atoms with Crippen molar-refractivity contribution in [3.05, 3.63) is 34.9 Å². The Balaban J connectivity index is 1.48. The number of fused-ring (bicyclic) bond motifs is 2. The molecule has 2 N–H and O–H groups in total. The molecule has 2 fully saturated rings. The topological polar surface area (TPSA) is 61.3 Å². The quantitative estimate of drug-likeness (QED) is 0.486. The third kappa shape index (κ3) is 4.94. The monoisotopic (exact) mass is 496 g/mol. The van der Waals surface area contributed by atoms with Crippen LogP contribution in [0, 0.1) is 0 Å². The molecule has 1 atom stereocenters. The van der Waals surface area contributed by atoms with Gasteiger partial charge in [0, 0.05) is 30.6 Å². The first kappa shape index (κ1) is 24.2. The number of nitrogens with zero attached hydrogens (tertiary/aromatic N) is 3. The fourth-order valence-corrected chi connectivity index (χ4v) is 6.08. The fourth-order valence-electron chi connectivity index (χ4n) is 6.08. The van der Waals surface area contributed by atoms with Gasteiger partial charge in [0.1, 0.15) is 11.4 Å². The van der Waals surface area contributed by atoms with Gasteiger partial charge in [0.2, 0.25) is 0 Å². The highest BCUT2D eigenvalue weighted by atomic mass is 19.4. The van der Waals surface area contributed by atoms with Crippen molar-refractivity contribution >= 4 is 5.82 Å². The summed E-state index contributed by atoms with van der Waals surface area (Å²) < 4.78 is 66.4. The predicted octanol–water partition coefficient (Wildman–Crippen LogP) is 6.15. The van der Waals surface area contributed by atoms with E-state index in [2.05, 4.69) is 15.5 Å². The molecule has 1 saturated heterocycles. The zero-order valence-electron chi connectivity index (χ0n) is 19.5. The van der Waals surface area contributed by atoms with Crippen molar-refractivity contribution in [1.82, 2.24) is 15.1 Å². The normalized spacial score (nSPS) is 24.9. The van der Waals surface area contributed by atoms with Crippen LogP contribution in [0.5, 0.6) is 5.75 Å². The van der Waals surface area contributed by atoms with E-state index in [1.54, 1.807) is 4.90 Å². The molecule has 1 saturated carbocycles. The SMILES string of the molecule is CC(F)(F)CN1CCC[C@@H](Nc2nnc(-c3ccc(C(F)(F)F)cc3O)c3c2C2CCC3CC2)C1. The lowest BCUT2D eigenvalue weighted by Gasteiger charge is -2.41. The van der Waals surface area contributed by atoms with Gasteiger partial charge in [0.05, 0.1) is 12.1 Å².